The number of benzene rings is 2. The van der Waals surface area contributed by atoms with Crippen LogP contribution >= 0.6 is 0 Å². The summed E-state index contributed by atoms with van der Waals surface area (Å²) in [5, 5.41) is 11.7. The standard InChI is InChI=1S/C17H16N2O2/c1-2-10-21-16-9-4-3-8-15(16)17(20)19-14-7-5-6-13(11-14)12-18/h3-9,11H,2,10H2,1H3,(H,19,20). The summed E-state index contributed by atoms with van der Waals surface area (Å²) in [4.78, 5) is 12.3. The Labute approximate surface area is 124 Å². The molecule has 2 aromatic carbocycles. The highest BCUT2D eigenvalue weighted by Crippen LogP contribution is 2.20. The molecule has 0 aromatic heterocycles. The van der Waals surface area contributed by atoms with Crippen LogP contribution in [-0.4, -0.2) is 12.5 Å². The maximum Gasteiger partial charge on any atom is 0.259 e. The lowest BCUT2D eigenvalue weighted by Crippen LogP contribution is -2.13. The molecular weight excluding hydrogens is 264 g/mol. The van der Waals surface area contributed by atoms with Crippen molar-refractivity contribution in [2.75, 3.05) is 11.9 Å². The molecule has 0 unspecified atom stereocenters. The quantitative estimate of drug-likeness (QED) is 0.910. The molecule has 4 heteroatoms. The summed E-state index contributed by atoms with van der Waals surface area (Å²) in [5.41, 5.74) is 1.57. The van der Waals surface area contributed by atoms with Crippen LogP contribution in [0.2, 0.25) is 0 Å². The Hall–Kier alpha value is -2.80. The third-order valence-electron chi connectivity index (χ3n) is 2.84. The molecule has 0 aliphatic heterocycles. The van der Waals surface area contributed by atoms with E-state index in [1.54, 1.807) is 42.5 Å². The van der Waals surface area contributed by atoms with E-state index in [-0.39, 0.29) is 5.91 Å². The van der Waals surface area contributed by atoms with Crippen LogP contribution in [0, 0.1) is 11.3 Å². The summed E-state index contributed by atoms with van der Waals surface area (Å²) in [6.07, 6.45) is 0.875. The third kappa shape index (κ3) is 3.83. The van der Waals surface area contributed by atoms with Crippen molar-refractivity contribution < 1.29 is 9.53 Å². The Bertz CT molecular complexity index is 674. The Balaban J connectivity index is 2.18. The Morgan fingerprint density at radius 2 is 2.05 bits per heavy atom. The number of carbonyl (C=O) groups excluding carboxylic acids is 1. The zero-order valence-corrected chi connectivity index (χ0v) is 11.8. The molecule has 0 atom stereocenters. The number of rotatable bonds is 5. The smallest absolute Gasteiger partial charge is 0.259 e. The zero-order valence-electron chi connectivity index (χ0n) is 11.8. The van der Waals surface area contributed by atoms with Crippen molar-refractivity contribution >= 4 is 11.6 Å². The van der Waals surface area contributed by atoms with Crippen molar-refractivity contribution in [3.63, 3.8) is 0 Å². The summed E-state index contributed by atoms with van der Waals surface area (Å²) in [6, 6.07) is 16.0. The SMILES string of the molecule is CCCOc1ccccc1C(=O)Nc1cccc(C#N)c1. The summed E-state index contributed by atoms with van der Waals surface area (Å²) in [7, 11) is 0. The Morgan fingerprint density at radius 3 is 2.81 bits per heavy atom. The first-order valence-corrected chi connectivity index (χ1v) is 6.78. The molecule has 2 aromatic rings. The first-order chi connectivity index (χ1) is 10.2. The number of ether oxygens (including phenoxy) is 1. The Morgan fingerprint density at radius 1 is 1.24 bits per heavy atom. The van der Waals surface area contributed by atoms with E-state index in [0.717, 1.165) is 6.42 Å². The second-order valence-corrected chi connectivity index (χ2v) is 4.49. The molecule has 0 heterocycles. The highest BCUT2D eigenvalue weighted by Gasteiger charge is 2.12. The molecule has 1 N–H and O–H groups in total. The first kappa shape index (κ1) is 14.6. The van der Waals surface area contributed by atoms with Gasteiger partial charge in [0.25, 0.3) is 5.91 Å². The number of carbonyl (C=O) groups is 1. The van der Waals surface area contributed by atoms with Crippen LogP contribution in [0.1, 0.15) is 29.3 Å². The van der Waals surface area contributed by atoms with Crippen molar-refractivity contribution in [1.82, 2.24) is 0 Å². The van der Waals surface area contributed by atoms with Gasteiger partial charge in [0.15, 0.2) is 0 Å². The molecule has 0 fully saturated rings. The molecule has 0 radical (unpaired) electrons. The molecule has 4 nitrogen and oxygen atoms in total. The fourth-order valence-corrected chi connectivity index (χ4v) is 1.86. The summed E-state index contributed by atoms with van der Waals surface area (Å²) >= 11 is 0. The van der Waals surface area contributed by atoms with Crippen LogP contribution in [0.15, 0.2) is 48.5 Å². The number of hydrogen-bond acceptors (Lipinski definition) is 3. The summed E-state index contributed by atoms with van der Waals surface area (Å²) < 4.78 is 5.58. The van der Waals surface area contributed by atoms with E-state index >= 15 is 0 Å². The fraction of sp³-hybridized carbons (Fsp3) is 0.176. The van der Waals surface area contributed by atoms with Gasteiger partial charge in [-0.2, -0.15) is 5.26 Å². The number of nitrogens with one attached hydrogen (secondary N) is 1. The van der Waals surface area contributed by atoms with Gasteiger partial charge < -0.3 is 10.1 Å². The van der Waals surface area contributed by atoms with Gasteiger partial charge in [0.1, 0.15) is 5.75 Å². The molecule has 0 bridgehead atoms. The van der Waals surface area contributed by atoms with Crippen LogP contribution in [0.25, 0.3) is 0 Å². The number of hydrogen-bond donors (Lipinski definition) is 1. The third-order valence-corrected chi connectivity index (χ3v) is 2.84. The highest BCUT2D eigenvalue weighted by molar-refractivity contribution is 6.06. The van der Waals surface area contributed by atoms with E-state index in [9.17, 15) is 4.79 Å². The van der Waals surface area contributed by atoms with Gasteiger partial charge in [0, 0.05) is 5.69 Å². The minimum atomic E-state index is -0.253. The molecule has 2 rings (SSSR count). The van der Waals surface area contributed by atoms with E-state index < -0.39 is 0 Å². The van der Waals surface area contributed by atoms with E-state index in [2.05, 4.69) is 5.32 Å². The van der Waals surface area contributed by atoms with Gasteiger partial charge in [0.05, 0.1) is 23.8 Å². The van der Waals surface area contributed by atoms with E-state index in [0.29, 0.717) is 29.2 Å². The molecule has 1 amide bonds. The number of nitriles is 1. The van der Waals surface area contributed by atoms with Crippen LogP contribution < -0.4 is 10.1 Å². The number of amides is 1. The topological polar surface area (TPSA) is 62.1 Å². The second kappa shape index (κ2) is 7.11. The molecular formula is C17H16N2O2. The molecule has 0 aliphatic rings. The molecule has 21 heavy (non-hydrogen) atoms. The molecule has 0 saturated heterocycles. The van der Waals surface area contributed by atoms with Gasteiger partial charge in [-0.05, 0) is 36.8 Å². The van der Waals surface area contributed by atoms with Crippen LogP contribution in [0.5, 0.6) is 5.75 Å². The zero-order chi connectivity index (χ0) is 15.1. The predicted molar refractivity (Wildman–Crippen MR) is 81.3 cm³/mol. The monoisotopic (exact) mass is 280 g/mol. The molecule has 0 spiro atoms. The molecule has 0 aliphatic carbocycles. The van der Waals surface area contributed by atoms with Crippen LogP contribution in [-0.2, 0) is 0 Å². The van der Waals surface area contributed by atoms with Crippen LogP contribution in [0.3, 0.4) is 0 Å². The second-order valence-electron chi connectivity index (χ2n) is 4.49. The predicted octanol–water partition coefficient (Wildman–Crippen LogP) is 3.60. The number of nitrogens with zero attached hydrogens (tertiary/aromatic N) is 1. The van der Waals surface area contributed by atoms with Crippen molar-refractivity contribution in [2.45, 2.75) is 13.3 Å². The van der Waals surface area contributed by atoms with Gasteiger partial charge in [-0.3, -0.25) is 4.79 Å². The Kier molecular flexibility index (Phi) is 4.94. The van der Waals surface area contributed by atoms with Crippen LogP contribution in [0.4, 0.5) is 5.69 Å². The van der Waals surface area contributed by atoms with Crippen molar-refractivity contribution in [1.29, 1.82) is 5.26 Å². The maximum atomic E-state index is 12.3. The van der Waals surface area contributed by atoms with Gasteiger partial charge in [-0.15, -0.1) is 0 Å². The average molecular weight is 280 g/mol. The van der Waals surface area contributed by atoms with Crippen molar-refractivity contribution in [2.24, 2.45) is 0 Å². The minimum absolute atomic E-state index is 0.253. The molecule has 0 saturated carbocycles. The average Bonchev–Trinajstić information content (AvgIpc) is 2.53. The van der Waals surface area contributed by atoms with E-state index in [1.165, 1.54) is 0 Å². The van der Waals surface area contributed by atoms with Gasteiger partial charge >= 0.3 is 0 Å². The van der Waals surface area contributed by atoms with E-state index in [4.69, 9.17) is 10.00 Å². The molecule has 106 valence electrons. The minimum Gasteiger partial charge on any atom is -0.493 e. The lowest BCUT2D eigenvalue weighted by Gasteiger charge is -2.11. The lowest BCUT2D eigenvalue weighted by molar-refractivity contribution is 0.102. The van der Waals surface area contributed by atoms with Crippen molar-refractivity contribution in [3.05, 3.63) is 59.7 Å². The van der Waals surface area contributed by atoms with E-state index in [1.807, 2.05) is 19.1 Å². The first-order valence-electron chi connectivity index (χ1n) is 6.78. The maximum absolute atomic E-state index is 12.3. The highest BCUT2D eigenvalue weighted by atomic mass is 16.5. The summed E-state index contributed by atoms with van der Waals surface area (Å²) in [6.45, 7) is 2.57. The van der Waals surface area contributed by atoms with Gasteiger partial charge in [-0.1, -0.05) is 25.1 Å². The lowest BCUT2D eigenvalue weighted by atomic mass is 10.1. The fourth-order valence-electron chi connectivity index (χ4n) is 1.86. The normalized spacial score (nSPS) is 9.71. The number of anilines is 1. The van der Waals surface area contributed by atoms with Gasteiger partial charge in [-0.25, -0.2) is 0 Å². The largest absolute Gasteiger partial charge is 0.493 e. The van der Waals surface area contributed by atoms with Gasteiger partial charge in [0.2, 0.25) is 0 Å². The van der Waals surface area contributed by atoms with Crippen molar-refractivity contribution in [3.8, 4) is 11.8 Å². The summed E-state index contributed by atoms with van der Waals surface area (Å²) in [5.74, 6) is 0.310. The number of para-hydroxylation sites is 1.